The Bertz CT molecular complexity index is 832. The van der Waals surface area contributed by atoms with Crippen LogP contribution in [0.5, 0.6) is 11.5 Å². The highest BCUT2D eigenvalue weighted by Gasteiger charge is 2.34. The first-order chi connectivity index (χ1) is 12.4. The molecule has 4 rings (SSSR count). The fraction of sp³-hybridized carbons (Fsp3) is 0.375. The van der Waals surface area contributed by atoms with Crippen molar-refractivity contribution in [2.24, 2.45) is 0 Å². The number of carbonyl (C=O) groups is 1. The lowest BCUT2D eigenvalue weighted by atomic mass is 10.1. The van der Waals surface area contributed by atoms with E-state index in [-0.39, 0.29) is 12.7 Å². The molecule has 0 spiro atoms. The third kappa shape index (κ3) is 3.16. The summed E-state index contributed by atoms with van der Waals surface area (Å²) in [4.78, 5) is 19.2. The summed E-state index contributed by atoms with van der Waals surface area (Å²) in [6.07, 6.45) is -3.53. The zero-order valence-corrected chi connectivity index (χ0v) is 14.3. The first-order valence-electron chi connectivity index (χ1n) is 7.89. The molecule has 2 aromatic rings. The van der Waals surface area contributed by atoms with E-state index in [0.717, 1.165) is 6.20 Å². The van der Waals surface area contributed by atoms with Gasteiger partial charge >= 0.3 is 6.18 Å². The quantitative estimate of drug-likeness (QED) is 0.796. The zero-order valence-electron chi connectivity index (χ0n) is 13.5. The topological polar surface area (TPSA) is 54.9 Å². The summed E-state index contributed by atoms with van der Waals surface area (Å²) in [6.45, 7) is 1.82. The Kier molecular flexibility index (Phi) is 4.14. The molecule has 0 unspecified atom stereocenters. The number of benzene rings is 1. The van der Waals surface area contributed by atoms with Gasteiger partial charge in [0.1, 0.15) is 4.88 Å². The van der Waals surface area contributed by atoms with Gasteiger partial charge in [-0.3, -0.25) is 4.79 Å². The highest BCUT2D eigenvalue weighted by Crippen LogP contribution is 2.36. The van der Waals surface area contributed by atoms with Crippen LogP contribution in [0.3, 0.4) is 0 Å². The Morgan fingerprint density at radius 2 is 1.85 bits per heavy atom. The minimum Gasteiger partial charge on any atom is -0.454 e. The fourth-order valence-electron chi connectivity index (χ4n) is 2.86. The van der Waals surface area contributed by atoms with Gasteiger partial charge in [-0.25, -0.2) is 4.98 Å². The average Bonchev–Trinajstić information content (AvgIpc) is 3.29. The molecule has 138 valence electrons. The van der Waals surface area contributed by atoms with Crippen molar-refractivity contribution in [2.75, 3.05) is 37.9 Å². The monoisotopic (exact) mass is 385 g/mol. The normalized spacial score (nSPS) is 16.9. The van der Waals surface area contributed by atoms with Gasteiger partial charge in [0.25, 0.3) is 5.91 Å². The summed E-state index contributed by atoms with van der Waals surface area (Å²) in [7, 11) is 0. The number of rotatable bonds is 2. The smallest absolute Gasteiger partial charge is 0.427 e. The Balaban J connectivity index is 1.40. The standard InChI is InChI=1S/C16H14F3N3O3S/c17-16(18,19)13-8-20-15(26-13)22-5-3-21(4-6-22)14(23)10-1-2-11-12(7-10)25-9-24-11/h1-2,7-8H,3-6,9H2. The molecule has 1 aromatic carbocycles. The van der Waals surface area contributed by atoms with Crippen LogP contribution in [0.2, 0.25) is 0 Å². The van der Waals surface area contributed by atoms with Crippen LogP contribution in [0.4, 0.5) is 18.3 Å². The van der Waals surface area contributed by atoms with Crippen molar-refractivity contribution in [1.29, 1.82) is 0 Å². The van der Waals surface area contributed by atoms with Gasteiger partial charge in [0.05, 0.1) is 6.20 Å². The van der Waals surface area contributed by atoms with E-state index in [2.05, 4.69) is 4.98 Å². The van der Waals surface area contributed by atoms with Crippen LogP contribution in [-0.4, -0.2) is 48.8 Å². The van der Waals surface area contributed by atoms with E-state index >= 15 is 0 Å². The van der Waals surface area contributed by atoms with E-state index in [0.29, 0.717) is 59.7 Å². The maximum atomic E-state index is 12.7. The second-order valence-electron chi connectivity index (χ2n) is 5.85. The van der Waals surface area contributed by atoms with Gasteiger partial charge in [0.2, 0.25) is 6.79 Å². The fourth-order valence-corrected chi connectivity index (χ4v) is 3.69. The molecule has 26 heavy (non-hydrogen) atoms. The number of hydrogen-bond acceptors (Lipinski definition) is 6. The van der Waals surface area contributed by atoms with Crippen molar-refractivity contribution >= 4 is 22.4 Å². The number of alkyl halides is 3. The molecule has 0 radical (unpaired) electrons. The van der Waals surface area contributed by atoms with Crippen molar-refractivity contribution in [2.45, 2.75) is 6.18 Å². The van der Waals surface area contributed by atoms with Crippen LogP contribution in [0.15, 0.2) is 24.4 Å². The Morgan fingerprint density at radius 1 is 1.12 bits per heavy atom. The number of aromatic nitrogens is 1. The number of nitrogens with zero attached hydrogens (tertiary/aromatic N) is 3. The molecule has 10 heteroatoms. The molecular formula is C16H14F3N3O3S. The van der Waals surface area contributed by atoms with Gasteiger partial charge in [0, 0.05) is 31.7 Å². The van der Waals surface area contributed by atoms with Gasteiger partial charge < -0.3 is 19.3 Å². The van der Waals surface area contributed by atoms with Crippen LogP contribution < -0.4 is 14.4 Å². The molecule has 3 heterocycles. The van der Waals surface area contributed by atoms with Gasteiger partial charge in [-0.15, -0.1) is 0 Å². The maximum absolute atomic E-state index is 12.7. The Hall–Kier alpha value is -2.49. The number of anilines is 1. The van der Waals surface area contributed by atoms with Crippen molar-refractivity contribution < 1.29 is 27.4 Å². The molecule has 0 aliphatic carbocycles. The first kappa shape index (κ1) is 17.0. The number of fused-ring (bicyclic) bond motifs is 1. The zero-order chi connectivity index (χ0) is 18.3. The largest absolute Gasteiger partial charge is 0.454 e. The SMILES string of the molecule is O=C(c1ccc2c(c1)OCO2)N1CCN(c2ncc(C(F)(F)F)s2)CC1. The molecule has 0 N–H and O–H groups in total. The predicted molar refractivity (Wildman–Crippen MR) is 87.8 cm³/mol. The third-order valence-corrected chi connectivity index (χ3v) is 5.33. The molecule has 6 nitrogen and oxygen atoms in total. The molecule has 0 bridgehead atoms. The summed E-state index contributed by atoms with van der Waals surface area (Å²) in [5.74, 6) is 1.01. The minimum absolute atomic E-state index is 0.138. The second-order valence-corrected chi connectivity index (χ2v) is 6.86. The molecular weight excluding hydrogens is 371 g/mol. The summed E-state index contributed by atoms with van der Waals surface area (Å²) in [5.41, 5.74) is 0.497. The number of piperazine rings is 1. The van der Waals surface area contributed by atoms with Gasteiger partial charge in [0.15, 0.2) is 16.6 Å². The van der Waals surface area contributed by atoms with E-state index in [9.17, 15) is 18.0 Å². The van der Waals surface area contributed by atoms with Crippen molar-refractivity contribution in [3.63, 3.8) is 0 Å². The third-order valence-electron chi connectivity index (χ3n) is 4.23. The highest BCUT2D eigenvalue weighted by molar-refractivity contribution is 7.15. The van der Waals surface area contributed by atoms with E-state index in [1.807, 2.05) is 0 Å². The van der Waals surface area contributed by atoms with E-state index in [1.54, 1.807) is 28.0 Å². The number of amides is 1. The van der Waals surface area contributed by atoms with Gasteiger partial charge in [-0.2, -0.15) is 13.2 Å². The number of hydrogen-bond donors (Lipinski definition) is 0. The summed E-state index contributed by atoms with van der Waals surface area (Å²) in [6, 6.07) is 5.02. The van der Waals surface area contributed by atoms with Crippen LogP contribution in [0.25, 0.3) is 0 Å². The highest BCUT2D eigenvalue weighted by atomic mass is 32.1. The lowest BCUT2D eigenvalue weighted by Crippen LogP contribution is -2.48. The van der Waals surface area contributed by atoms with Crippen molar-refractivity contribution in [1.82, 2.24) is 9.88 Å². The van der Waals surface area contributed by atoms with E-state index in [1.165, 1.54) is 0 Å². The lowest BCUT2D eigenvalue weighted by molar-refractivity contribution is -0.134. The molecule has 1 amide bonds. The predicted octanol–water partition coefficient (Wildman–Crippen LogP) is 2.85. The molecule has 1 aromatic heterocycles. The van der Waals surface area contributed by atoms with Crippen molar-refractivity contribution in [3.05, 3.63) is 34.8 Å². The van der Waals surface area contributed by atoms with E-state index in [4.69, 9.17) is 9.47 Å². The molecule has 0 atom stereocenters. The molecule has 1 fully saturated rings. The summed E-state index contributed by atoms with van der Waals surface area (Å²) < 4.78 is 48.6. The van der Waals surface area contributed by atoms with Crippen LogP contribution in [-0.2, 0) is 6.18 Å². The lowest BCUT2D eigenvalue weighted by Gasteiger charge is -2.34. The van der Waals surface area contributed by atoms with Crippen LogP contribution in [0.1, 0.15) is 15.2 Å². The molecule has 1 saturated heterocycles. The molecule has 2 aliphatic rings. The molecule has 2 aliphatic heterocycles. The Labute approximate surface area is 150 Å². The second kappa shape index (κ2) is 6.35. The van der Waals surface area contributed by atoms with Crippen LogP contribution >= 0.6 is 11.3 Å². The average molecular weight is 385 g/mol. The number of carbonyl (C=O) groups excluding carboxylic acids is 1. The van der Waals surface area contributed by atoms with Gasteiger partial charge in [-0.1, -0.05) is 11.3 Å². The molecule has 0 saturated carbocycles. The number of halogens is 3. The van der Waals surface area contributed by atoms with Crippen molar-refractivity contribution in [3.8, 4) is 11.5 Å². The minimum atomic E-state index is -4.38. The number of ether oxygens (including phenoxy) is 2. The number of thiazole rings is 1. The summed E-state index contributed by atoms with van der Waals surface area (Å²) in [5, 5.41) is 0.326. The Morgan fingerprint density at radius 3 is 2.54 bits per heavy atom. The van der Waals surface area contributed by atoms with Gasteiger partial charge in [-0.05, 0) is 18.2 Å². The van der Waals surface area contributed by atoms with E-state index < -0.39 is 11.1 Å². The maximum Gasteiger partial charge on any atom is 0.427 e. The van der Waals surface area contributed by atoms with Crippen LogP contribution in [0, 0.1) is 0 Å². The first-order valence-corrected chi connectivity index (χ1v) is 8.70. The summed E-state index contributed by atoms with van der Waals surface area (Å²) >= 11 is 0.622.